The smallest absolute Gasteiger partial charge is 0.266 e. The van der Waals surface area contributed by atoms with E-state index in [2.05, 4.69) is 20.2 Å². The van der Waals surface area contributed by atoms with Gasteiger partial charge in [-0.1, -0.05) is 0 Å². The van der Waals surface area contributed by atoms with Gasteiger partial charge in [0.05, 0.1) is 16.8 Å². The maximum atomic E-state index is 12.9. The van der Waals surface area contributed by atoms with Gasteiger partial charge in [0.15, 0.2) is 0 Å². The molecule has 0 aliphatic carbocycles. The number of rotatable bonds is 5. The van der Waals surface area contributed by atoms with E-state index in [1.165, 1.54) is 29.9 Å². The van der Waals surface area contributed by atoms with Gasteiger partial charge in [-0.05, 0) is 63.7 Å². The first kappa shape index (κ1) is 19.6. The second-order valence-corrected chi connectivity index (χ2v) is 8.68. The van der Waals surface area contributed by atoms with E-state index in [0.717, 1.165) is 18.8 Å². The summed E-state index contributed by atoms with van der Waals surface area (Å²) >= 11 is 1.26. The minimum Gasteiger partial charge on any atom is -0.372 e. The molecule has 3 aromatic rings. The normalized spacial score (nSPS) is 14.1. The standard InChI is InChI=1S/C21H25N5O2S/c1-13-17-19(27)23-16(12-25(2)3)24-21(17)29-18(13)20(28)22-14-6-8-15(9-7-14)26-10-4-5-11-26/h6-9H,4-5,10-12H2,1-3H3,(H,22,28)(H,23,24,27). The predicted molar refractivity (Wildman–Crippen MR) is 118 cm³/mol. The largest absolute Gasteiger partial charge is 0.372 e. The quantitative estimate of drug-likeness (QED) is 0.674. The van der Waals surface area contributed by atoms with Gasteiger partial charge in [0.2, 0.25) is 0 Å². The van der Waals surface area contributed by atoms with Crippen LogP contribution in [0.25, 0.3) is 10.2 Å². The SMILES string of the molecule is Cc1c(C(=O)Nc2ccc(N3CCCC3)cc2)sc2nc(CN(C)C)[nH]c(=O)c12. The number of amides is 1. The zero-order valence-electron chi connectivity index (χ0n) is 16.9. The van der Waals surface area contributed by atoms with Crippen molar-refractivity contribution in [1.29, 1.82) is 0 Å². The zero-order valence-corrected chi connectivity index (χ0v) is 17.7. The molecule has 1 fully saturated rings. The van der Waals surface area contributed by atoms with Crippen molar-refractivity contribution in [3.63, 3.8) is 0 Å². The molecule has 4 rings (SSSR count). The molecule has 0 spiro atoms. The lowest BCUT2D eigenvalue weighted by Crippen LogP contribution is -2.18. The van der Waals surface area contributed by atoms with Gasteiger partial charge in [0, 0.05) is 24.5 Å². The lowest BCUT2D eigenvalue weighted by atomic mass is 10.2. The van der Waals surface area contributed by atoms with Crippen molar-refractivity contribution in [1.82, 2.24) is 14.9 Å². The van der Waals surface area contributed by atoms with Crippen molar-refractivity contribution < 1.29 is 4.79 Å². The lowest BCUT2D eigenvalue weighted by molar-refractivity contribution is 0.103. The average molecular weight is 412 g/mol. The van der Waals surface area contributed by atoms with Gasteiger partial charge < -0.3 is 20.1 Å². The summed E-state index contributed by atoms with van der Waals surface area (Å²) in [6, 6.07) is 7.93. The molecule has 1 aliphatic heterocycles. The number of aromatic amines is 1. The Morgan fingerprint density at radius 1 is 1.24 bits per heavy atom. The third-order valence-electron chi connectivity index (χ3n) is 5.12. The minimum absolute atomic E-state index is 0.199. The van der Waals surface area contributed by atoms with Crippen LogP contribution in [0, 0.1) is 6.92 Å². The first-order valence-corrected chi connectivity index (χ1v) is 10.6. The minimum atomic E-state index is -0.215. The number of hydrogen-bond donors (Lipinski definition) is 2. The molecule has 0 radical (unpaired) electrons. The lowest BCUT2D eigenvalue weighted by Gasteiger charge is -2.17. The highest BCUT2D eigenvalue weighted by molar-refractivity contribution is 7.20. The van der Waals surface area contributed by atoms with Crippen LogP contribution in [0.2, 0.25) is 0 Å². The maximum absolute atomic E-state index is 12.9. The van der Waals surface area contributed by atoms with Crippen LogP contribution in [0.15, 0.2) is 29.1 Å². The number of H-pyrrole nitrogens is 1. The maximum Gasteiger partial charge on any atom is 0.266 e. The van der Waals surface area contributed by atoms with E-state index in [-0.39, 0.29) is 11.5 Å². The second kappa shape index (κ2) is 7.96. The van der Waals surface area contributed by atoms with Crippen LogP contribution in [0.1, 0.15) is 33.9 Å². The highest BCUT2D eigenvalue weighted by Gasteiger charge is 2.20. The molecule has 1 amide bonds. The zero-order chi connectivity index (χ0) is 20.5. The predicted octanol–water partition coefficient (Wildman–Crippen LogP) is 3.21. The Balaban J connectivity index is 1.57. The van der Waals surface area contributed by atoms with Crippen LogP contribution >= 0.6 is 11.3 Å². The Bertz CT molecular complexity index is 1090. The van der Waals surface area contributed by atoms with E-state index in [9.17, 15) is 9.59 Å². The molecule has 152 valence electrons. The molecule has 2 aromatic heterocycles. The molecule has 3 heterocycles. The molecule has 0 bridgehead atoms. The van der Waals surface area contributed by atoms with Gasteiger partial charge in [-0.25, -0.2) is 4.98 Å². The highest BCUT2D eigenvalue weighted by atomic mass is 32.1. The number of carbonyl (C=O) groups is 1. The van der Waals surface area contributed by atoms with Crippen LogP contribution in [-0.4, -0.2) is 48.0 Å². The number of anilines is 2. The van der Waals surface area contributed by atoms with Crippen LogP contribution < -0.4 is 15.8 Å². The summed E-state index contributed by atoms with van der Waals surface area (Å²) in [6.45, 7) is 4.51. The summed E-state index contributed by atoms with van der Waals surface area (Å²) in [5.41, 5.74) is 2.39. The van der Waals surface area contributed by atoms with Gasteiger partial charge in [-0.15, -0.1) is 11.3 Å². The fourth-order valence-corrected chi connectivity index (χ4v) is 4.79. The number of aryl methyl sites for hydroxylation is 1. The van der Waals surface area contributed by atoms with Gasteiger partial charge in [0.1, 0.15) is 10.7 Å². The summed E-state index contributed by atoms with van der Waals surface area (Å²) in [7, 11) is 3.83. The Hall–Kier alpha value is -2.71. The number of nitrogens with zero attached hydrogens (tertiary/aromatic N) is 3. The van der Waals surface area contributed by atoms with Crippen LogP contribution in [0.4, 0.5) is 11.4 Å². The Labute approximate surface area is 173 Å². The molecule has 1 aliphatic rings. The van der Waals surface area contributed by atoms with Gasteiger partial charge in [0.25, 0.3) is 11.5 Å². The molecule has 2 N–H and O–H groups in total. The second-order valence-electron chi connectivity index (χ2n) is 7.68. The van der Waals surface area contributed by atoms with E-state index in [4.69, 9.17) is 0 Å². The van der Waals surface area contributed by atoms with Gasteiger partial charge in [-0.2, -0.15) is 0 Å². The molecular weight excluding hydrogens is 386 g/mol. The number of aromatic nitrogens is 2. The molecule has 0 saturated carbocycles. The van der Waals surface area contributed by atoms with Crippen molar-refractivity contribution >= 4 is 38.8 Å². The van der Waals surface area contributed by atoms with Crippen molar-refractivity contribution in [2.24, 2.45) is 0 Å². The number of thiophene rings is 1. The van der Waals surface area contributed by atoms with E-state index in [1.807, 2.05) is 43.3 Å². The Kier molecular flexibility index (Phi) is 5.38. The average Bonchev–Trinajstić information content (AvgIpc) is 3.30. The summed E-state index contributed by atoms with van der Waals surface area (Å²) in [6.07, 6.45) is 2.46. The third kappa shape index (κ3) is 4.04. The van der Waals surface area contributed by atoms with Crippen molar-refractivity contribution in [2.45, 2.75) is 26.3 Å². The summed E-state index contributed by atoms with van der Waals surface area (Å²) in [4.78, 5) is 38.1. The van der Waals surface area contributed by atoms with Gasteiger partial charge in [-0.3, -0.25) is 9.59 Å². The number of carbonyl (C=O) groups excluding carboxylic acids is 1. The van der Waals surface area contributed by atoms with E-state index in [1.54, 1.807) is 6.92 Å². The van der Waals surface area contributed by atoms with Crippen LogP contribution in [0.5, 0.6) is 0 Å². The Morgan fingerprint density at radius 3 is 2.59 bits per heavy atom. The molecular formula is C21H25N5O2S. The summed E-state index contributed by atoms with van der Waals surface area (Å²) < 4.78 is 0. The molecule has 29 heavy (non-hydrogen) atoms. The van der Waals surface area contributed by atoms with Crippen LogP contribution in [0.3, 0.4) is 0 Å². The van der Waals surface area contributed by atoms with Crippen LogP contribution in [-0.2, 0) is 6.54 Å². The first-order chi connectivity index (χ1) is 13.9. The van der Waals surface area contributed by atoms with E-state index < -0.39 is 0 Å². The fraction of sp³-hybridized carbons (Fsp3) is 0.381. The molecule has 1 aromatic carbocycles. The summed E-state index contributed by atoms with van der Waals surface area (Å²) in [5.74, 6) is 0.381. The summed E-state index contributed by atoms with van der Waals surface area (Å²) in [5, 5.41) is 3.44. The van der Waals surface area contributed by atoms with E-state index in [0.29, 0.717) is 33.0 Å². The van der Waals surface area contributed by atoms with Crippen molar-refractivity contribution in [2.75, 3.05) is 37.4 Å². The number of fused-ring (bicyclic) bond motifs is 1. The Morgan fingerprint density at radius 2 is 1.93 bits per heavy atom. The third-order valence-corrected chi connectivity index (χ3v) is 6.30. The fourth-order valence-electron chi connectivity index (χ4n) is 3.70. The molecule has 0 unspecified atom stereocenters. The van der Waals surface area contributed by atoms with Crippen molar-refractivity contribution in [3.8, 4) is 0 Å². The number of benzene rings is 1. The van der Waals surface area contributed by atoms with Crippen molar-refractivity contribution in [3.05, 3.63) is 50.9 Å². The monoisotopic (exact) mass is 411 g/mol. The number of nitrogens with one attached hydrogen (secondary N) is 2. The van der Waals surface area contributed by atoms with E-state index >= 15 is 0 Å². The molecule has 1 saturated heterocycles. The molecule has 8 heteroatoms. The van der Waals surface area contributed by atoms with Gasteiger partial charge >= 0.3 is 0 Å². The first-order valence-electron chi connectivity index (χ1n) is 9.76. The molecule has 7 nitrogen and oxygen atoms in total. The number of hydrogen-bond acceptors (Lipinski definition) is 6. The molecule has 0 atom stereocenters. The topological polar surface area (TPSA) is 81.3 Å². The highest BCUT2D eigenvalue weighted by Crippen LogP contribution is 2.28.